The Kier molecular flexibility index (Phi) is 5.93. The zero-order valence-corrected chi connectivity index (χ0v) is 9.78. The van der Waals surface area contributed by atoms with Crippen molar-refractivity contribution in [3.05, 3.63) is 0 Å². The van der Waals surface area contributed by atoms with Crippen molar-refractivity contribution in [3.63, 3.8) is 0 Å². The van der Waals surface area contributed by atoms with E-state index in [1.165, 1.54) is 11.8 Å². The van der Waals surface area contributed by atoms with Gasteiger partial charge in [-0.25, -0.2) is 0 Å². The van der Waals surface area contributed by atoms with Crippen molar-refractivity contribution in [1.29, 1.82) is 0 Å². The van der Waals surface area contributed by atoms with Gasteiger partial charge in [-0.1, -0.05) is 6.92 Å². The standard InChI is InChI=1S/C10H20N2O3/c1-7(6-13)8(2)11-10(15)5-12(4)9(3)14/h7-8,13H,5-6H2,1-4H3,(H,11,15). The van der Waals surface area contributed by atoms with Crippen molar-refractivity contribution < 1.29 is 14.7 Å². The van der Waals surface area contributed by atoms with E-state index < -0.39 is 0 Å². The number of likely N-dealkylation sites (N-methyl/N-ethyl adjacent to an activating group) is 1. The van der Waals surface area contributed by atoms with Gasteiger partial charge in [0.25, 0.3) is 0 Å². The molecule has 2 atom stereocenters. The molecule has 0 aliphatic carbocycles. The van der Waals surface area contributed by atoms with Gasteiger partial charge in [0.1, 0.15) is 0 Å². The van der Waals surface area contributed by atoms with Crippen LogP contribution in [0, 0.1) is 5.92 Å². The van der Waals surface area contributed by atoms with E-state index in [1.807, 2.05) is 13.8 Å². The first kappa shape index (κ1) is 13.9. The van der Waals surface area contributed by atoms with E-state index in [1.54, 1.807) is 7.05 Å². The number of carbonyl (C=O) groups is 2. The third-order valence-corrected chi connectivity index (χ3v) is 2.45. The quantitative estimate of drug-likeness (QED) is 0.657. The van der Waals surface area contributed by atoms with Gasteiger partial charge in [0, 0.05) is 26.6 Å². The van der Waals surface area contributed by atoms with E-state index in [4.69, 9.17) is 5.11 Å². The van der Waals surface area contributed by atoms with Crippen LogP contribution >= 0.6 is 0 Å². The summed E-state index contributed by atoms with van der Waals surface area (Å²) in [4.78, 5) is 23.6. The first-order chi connectivity index (χ1) is 6.88. The van der Waals surface area contributed by atoms with E-state index in [0.717, 1.165) is 0 Å². The monoisotopic (exact) mass is 216 g/mol. The van der Waals surface area contributed by atoms with Crippen molar-refractivity contribution in [3.8, 4) is 0 Å². The summed E-state index contributed by atoms with van der Waals surface area (Å²) in [5.74, 6) is -0.343. The van der Waals surface area contributed by atoms with Crippen molar-refractivity contribution in [2.24, 2.45) is 5.92 Å². The summed E-state index contributed by atoms with van der Waals surface area (Å²) in [5.41, 5.74) is 0. The lowest BCUT2D eigenvalue weighted by Gasteiger charge is -2.21. The molecule has 88 valence electrons. The normalized spacial score (nSPS) is 14.2. The minimum Gasteiger partial charge on any atom is -0.396 e. The highest BCUT2D eigenvalue weighted by atomic mass is 16.3. The highest BCUT2D eigenvalue weighted by molar-refractivity contribution is 5.83. The number of hydrogen-bond donors (Lipinski definition) is 2. The molecule has 0 aromatic heterocycles. The Morgan fingerprint density at radius 3 is 2.33 bits per heavy atom. The minimum atomic E-state index is -0.208. The van der Waals surface area contributed by atoms with Crippen LogP contribution in [0.15, 0.2) is 0 Å². The molecule has 0 heterocycles. The van der Waals surface area contributed by atoms with Gasteiger partial charge in [-0.3, -0.25) is 9.59 Å². The van der Waals surface area contributed by atoms with Crippen LogP contribution in [0.5, 0.6) is 0 Å². The summed E-state index contributed by atoms with van der Waals surface area (Å²) < 4.78 is 0. The molecule has 0 rings (SSSR count). The lowest BCUT2D eigenvalue weighted by Crippen LogP contribution is -2.44. The molecule has 0 radical (unpaired) electrons. The summed E-state index contributed by atoms with van der Waals surface area (Å²) >= 11 is 0. The number of nitrogens with zero attached hydrogens (tertiary/aromatic N) is 1. The molecule has 15 heavy (non-hydrogen) atoms. The first-order valence-corrected chi connectivity index (χ1v) is 5.00. The van der Waals surface area contributed by atoms with Gasteiger partial charge < -0.3 is 15.3 Å². The number of amides is 2. The number of aliphatic hydroxyl groups excluding tert-OH is 1. The number of carbonyl (C=O) groups excluding carboxylic acids is 2. The molecule has 0 saturated heterocycles. The van der Waals surface area contributed by atoms with Crippen LogP contribution in [0.25, 0.3) is 0 Å². The summed E-state index contributed by atoms with van der Waals surface area (Å²) in [6, 6.07) is -0.0946. The smallest absolute Gasteiger partial charge is 0.239 e. The maximum atomic E-state index is 11.4. The van der Waals surface area contributed by atoms with E-state index in [9.17, 15) is 9.59 Å². The van der Waals surface area contributed by atoms with Gasteiger partial charge in [0.15, 0.2) is 0 Å². The SMILES string of the molecule is CC(=O)N(C)CC(=O)NC(C)C(C)CO. The Hall–Kier alpha value is -1.10. The second-order valence-corrected chi connectivity index (χ2v) is 3.89. The molecule has 0 aromatic carbocycles. The van der Waals surface area contributed by atoms with E-state index in [2.05, 4.69) is 5.32 Å². The average molecular weight is 216 g/mol. The highest BCUT2D eigenvalue weighted by Crippen LogP contribution is 2.00. The minimum absolute atomic E-state index is 0.0107. The number of aliphatic hydroxyl groups is 1. The van der Waals surface area contributed by atoms with Gasteiger partial charge in [0.2, 0.25) is 11.8 Å². The van der Waals surface area contributed by atoms with Crippen LogP contribution in [0.4, 0.5) is 0 Å². The molecule has 2 amide bonds. The molecule has 5 heteroatoms. The lowest BCUT2D eigenvalue weighted by atomic mass is 10.1. The van der Waals surface area contributed by atoms with Gasteiger partial charge in [-0.2, -0.15) is 0 Å². The van der Waals surface area contributed by atoms with E-state index in [0.29, 0.717) is 0 Å². The Balaban J connectivity index is 3.98. The van der Waals surface area contributed by atoms with Crippen molar-refractivity contribution >= 4 is 11.8 Å². The molecule has 2 N–H and O–H groups in total. The molecule has 0 saturated carbocycles. The molecule has 0 fully saturated rings. The highest BCUT2D eigenvalue weighted by Gasteiger charge is 2.15. The molecule has 0 bridgehead atoms. The average Bonchev–Trinajstić information content (AvgIpc) is 2.15. The molecule has 0 aromatic rings. The van der Waals surface area contributed by atoms with Crippen molar-refractivity contribution in [2.75, 3.05) is 20.2 Å². The molecule has 0 aliphatic heterocycles. The predicted molar refractivity (Wildman–Crippen MR) is 57.2 cm³/mol. The lowest BCUT2D eigenvalue weighted by molar-refractivity contribution is -0.133. The first-order valence-electron chi connectivity index (χ1n) is 5.00. The Morgan fingerprint density at radius 1 is 1.40 bits per heavy atom. The summed E-state index contributed by atoms with van der Waals surface area (Å²) in [6.45, 7) is 5.17. The largest absolute Gasteiger partial charge is 0.396 e. The predicted octanol–water partition coefficient (Wildman–Crippen LogP) is -0.402. The van der Waals surface area contributed by atoms with Gasteiger partial charge in [-0.05, 0) is 12.8 Å². The molecule has 0 aliphatic rings. The number of nitrogens with one attached hydrogen (secondary N) is 1. The molecular weight excluding hydrogens is 196 g/mol. The van der Waals surface area contributed by atoms with Gasteiger partial charge in [0.05, 0.1) is 6.54 Å². The fraction of sp³-hybridized carbons (Fsp3) is 0.800. The Morgan fingerprint density at radius 2 is 1.93 bits per heavy atom. The second kappa shape index (κ2) is 6.40. The maximum Gasteiger partial charge on any atom is 0.239 e. The van der Waals surface area contributed by atoms with Crippen LogP contribution < -0.4 is 5.32 Å². The topological polar surface area (TPSA) is 69.6 Å². The number of hydrogen-bond acceptors (Lipinski definition) is 3. The molecule has 0 spiro atoms. The van der Waals surface area contributed by atoms with Gasteiger partial charge >= 0.3 is 0 Å². The van der Waals surface area contributed by atoms with E-state index in [-0.39, 0.29) is 36.9 Å². The summed E-state index contributed by atoms with van der Waals surface area (Å²) in [7, 11) is 1.57. The third kappa shape index (κ3) is 5.37. The molecule has 5 nitrogen and oxygen atoms in total. The van der Waals surface area contributed by atoms with Crippen molar-refractivity contribution in [2.45, 2.75) is 26.8 Å². The second-order valence-electron chi connectivity index (χ2n) is 3.89. The summed E-state index contributed by atoms with van der Waals surface area (Å²) in [5, 5.41) is 11.6. The molecule has 2 unspecified atom stereocenters. The fourth-order valence-corrected chi connectivity index (χ4v) is 0.927. The summed E-state index contributed by atoms with van der Waals surface area (Å²) in [6.07, 6.45) is 0. The van der Waals surface area contributed by atoms with Crippen LogP contribution in [0.3, 0.4) is 0 Å². The number of rotatable bonds is 5. The Bertz CT molecular complexity index is 231. The Labute approximate surface area is 90.5 Å². The zero-order valence-electron chi connectivity index (χ0n) is 9.78. The third-order valence-electron chi connectivity index (χ3n) is 2.45. The zero-order chi connectivity index (χ0) is 12.0. The van der Waals surface area contributed by atoms with Crippen LogP contribution in [0.2, 0.25) is 0 Å². The van der Waals surface area contributed by atoms with Crippen LogP contribution in [0.1, 0.15) is 20.8 Å². The molecular formula is C10H20N2O3. The van der Waals surface area contributed by atoms with Crippen LogP contribution in [-0.4, -0.2) is 48.1 Å². The van der Waals surface area contributed by atoms with Crippen molar-refractivity contribution in [1.82, 2.24) is 10.2 Å². The van der Waals surface area contributed by atoms with E-state index >= 15 is 0 Å². The maximum absolute atomic E-state index is 11.4. The van der Waals surface area contributed by atoms with Gasteiger partial charge in [-0.15, -0.1) is 0 Å². The fourth-order valence-electron chi connectivity index (χ4n) is 0.927. The van der Waals surface area contributed by atoms with Crippen LogP contribution in [-0.2, 0) is 9.59 Å².